The van der Waals surface area contributed by atoms with Crippen LogP contribution in [0.25, 0.3) is 22.1 Å². The van der Waals surface area contributed by atoms with Gasteiger partial charge < -0.3 is 14.9 Å². The molecule has 0 saturated carbocycles. The van der Waals surface area contributed by atoms with E-state index in [0.717, 1.165) is 33.4 Å². The standard InChI is InChI=1S/C21H18N2O2.ClH/c1-24-19-9-8-14(16-6-4-10-23-13-16)11-17(19)21(22)20-12-15-5-2-3-7-18(15)25-20;/h2-13,21H,22H2,1H3;1H. The molecule has 1 unspecified atom stereocenters. The van der Waals surface area contributed by atoms with Crippen molar-refractivity contribution in [1.82, 2.24) is 4.98 Å². The molecule has 4 rings (SSSR count). The first kappa shape index (κ1) is 18.0. The van der Waals surface area contributed by atoms with Crippen molar-refractivity contribution < 1.29 is 9.15 Å². The molecule has 0 saturated heterocycles. The van der Waals surface area contributed by atoms with Crippen LogP contribution in [0.1, 0.15) is 17.4 Å². The molecule has 0 aliphatic heterocycles. The average Bonchev–Trinajstić information content (AvgIpc) is 3.12. The van der Waals surface area contributed by atoms with Gasteiger partial charge in [0, 0.05) is 28.9 Å². The second kappa shape index (κ2) is 7.60. The molecule has 1 atom stereocenters. The second-order valence-corrected chi connectivity index (χ2v) is 5.86. The smallest absolute Gasteiger partial charge is 0.134 e. The fourth-order valence-electron chi connectivity index (χ4n) is 3.00. The van der Waals surface area contributed by atoms with Crippen molar-refractivity contribution in [2.45, 2.75) is 6.04 Å². The summed E-state index contributed by atoms with van der Waals surface area (Å²) in [5.41, 5.74) is 10.3. The Morgan fingerprint density at radius 3 is 2.58 bits per heavy atom. The number of nitrogens with zero attached hydrogens (tertiary/aromatic N) is 1. The molecule has 5 heteroatoms. The molecule has 0 aliphatic carbocycles. The fraction of sp³-hybridized carbons (Fsp3) is 0.0952. The van der Waals surface area contributed by atoms with Crippen LogP contribution in [-0.2, 0) is 0 Å². The van der Waals surface area contributed by atoms with Gasteiger partial charge in [-0.05, 0) is 35.9 Å². The molecule has 0 fully saturated rings. The van der Waals surface area contributed by atoms with Gasteiger partial charge in [-0.2, -0.15) is 0 Å². The van der Waals surface area contributed by atoms with Gasteiger partial charge in [-0.3, -0.25) is 4.98 Å². The summed E-state index contributed by atoms with van der Waals surface area (Å²) >= 11 is 0. The molecule has 0 spiro atoms. The zero-order valence-corrected chi connectivity index (χ0v) is 15.1. The quantitative estimate of drug-likeness (QED) is 0.553. The number of hydrogen-bond acceptors (Lipinski definition) is 4. The predicted octanol–water partition coefficient (Wildman–Crippen LogP) is 4.97. The third-order valence-corrected chi connectivity index (χ3v) is 4.31. The topological polar surface area (TPSA) is 61.3 Å². The van der Waals surface area contributed by atoms with Crippen LogP contribution in [0.3, 0.4) is 0 Å². The van der Waals surface area contributed by atoms with E-state index >= 15 is 0 Å². The number of fused-ring (bicyclic) bond motifs is 1. The van der Waals surface area contributed by atoms with Crippen molar-refractivity contribution in [2.75, 3.05) is 7.11 Å². The fourth-order valence-corrected chi connectivity index (χ4v) is 3.00. The van der Waals surface area contributed by atoms with E-state index in [1.807, 2.05) is 66.9 Å². The third-order valence-electron chi connectivity index (χ3n) is 4.31. The number of nitrogens with two attached hydrogens (primary N) is 1. The van der Waals surface area contributed by atoms with Crippen molar-refractivity contribution in [3.05, 3.63) is 84.4 Å². The number of furan rings is 1. The van der Waals surface area contributed by atoms with E-state index in [4.69, 9.17) is 14.9 Å². The zero-order chi connectivity index (χ0) is 17.2. The maximum Gasteiger partial charge on any atom is 0.134 e. The Morgan fingerprint density at radius 2 is 1.85 bits per heavy atom. The number of aromatic nitrogens is 1. The lowest BCUT2D eigenvalue weighted by molar-refractivity contribution is 0.404. The van der Waals surface area contributed by atoms with E-state index in [0.29, 0.717) is 5.76 Å². The van der Waals surface area contributed by atoms with Gasteiger partial charge in [0.05, 0.1) is 13.2 Å². The van der Waals surface area contributed by atoms with Gasteiger partial charge in [0.25, 0.3) is 0 Å². The first-order valence-electron chi connectivity index (χ1n) is 8.08. The van der Waals surface area contributed by atoms with Gasteiger partial charge in [-0.25, -0.2) is 0 Å². The van der Waals surface area contributed by atoms with E-state index in [1.165, 1.54) is 0 Å². The van der Waals surface area contributed by atoms with Crippen LogP contribution in [0.5, 0.6) is 5.75 Å². The van der Waals surface area contributed by atoms with Gasteiger partial charge in [0.1, 0.15) is 17.1 Å². The van der Waals surface area contributed by atoms with Gasteiger partial charge in [0.2, 0.25) is 0 Å². The van der Waals surface area contributed by atoms with Crippen LogP contribution in [0.2, 0.25) is 0 Å². The molecule has 2 aromatic carbocycles. The van der Waals surface area contributed by atoms with Crippen LogP contribution in [-0.4, -0.2) is 12.1 Å². The molecule has 0 bridgehead atoms. The summed E-state index contributed by atoms with van der Waals surface area (Å²) in [7, 11) is 1.65. The number of rotatable bonds is 4. The molecular weight excluding hydrogens is 348 g/mol. The van der Waals surface area contributed by atoms with Gasteiger partial charge in [0.15, 0.2) is 0 Å². The molecule has 4 nitrogen and oxygen atoms in total. The Bertz CT molecular complexity index is 982. The maximum absolute atomic E-state index is 6.51. The van der Waals surface area contributed by atoms with Crippen molar-refractivity contribution in [3.8, 4) is 16.9 Å². The first-order chi connectivity index (χ1) is 12.3. The van der Waals surface area contributed by atoms with Crippen LogP contribution in [0.15, 0.2) is 77.5 Å². The van der Waals surface area contributed by atoms with Crippen LogP contribution < -0.4 is 10.5 Å². The van der Waals surface area contributed by atoms with E-state index in [-0.39, 0.29) is 12.4 Å². The van der Waals surface area contributed by atoms with Crippen LogP contribution in [0.4, 0.5) is 0 Å². The Balaban J connectivity index is 0.00000196. The molecule has 2 aromatic heterocycles. The van der Waals surface area contributed by atoms with Gasteiger partial charge >= 0.3 is 0 Å². The predicted molar refractivity (Wildman–Crippen MR) is 106 cm³/mol. The molecule has 2 heterocycles. The van der Waals surface area contributed by atoms with E-state index in [9.17, 15) is 0 Å². The van der Waals surface area contributed by atoms with E-state index in [1.54, 1.807) is 13.3 Å². The summed E-state index contributed by atoms with van der Waals surface area (Å²) in [5, 5.41) is 1.04. The van der Waals surface area contributed by atoms with E-state index in [2.05, 4.69) is 4.98 Å². The molecule has 26 heavy (non-hydrogen) atoms. The van der Waals surface area contributed by atoms with Crippen molar-refractivity contribution >= 4 is 23.4 Å². The molecule has 4 aromatic rings. The second-order valence-electron chi connectivity index (χ2n) is 5.86. The van der Waals surface area contributed by atoms with Crippen LogP contribution >= 0.6 is 12.4 Å². The number of para-hydroxylation sites is 1. The SMILES string of the molecule is COc1ccc(-c2cccnc2)cc1C(N)c1cc2ccccc2o1.Cl. The normalized spacial score (nSPS) is 11.8. The first-order valence-corrected chi connectivity index (χ1v) is 8.08. The summed E-state index contributed by atoms with van der Waals surface area (Å²) in [6.07, 6.45) is 3.59. The summed E-state index contributed by atoms with van der Waals surface area (Å²) in [6, 6.07) is 19.4. The van der Waals surface area contributed by atoms with Crippen molar-refractivity contribution in [3.63, 3.8) is 0 Å². The summed E-state index contributed by atoms with van der Waals surface area (Å²) in [4.78, 5) is 4.18. The van der Waals surface area contributed by atoms with Crippen molar-refractivity contribution in [1.29, 1.82) is 0 Å². The minimum Gasteiger partial charge on any atom is -0.496 e. The van der Waals surface area contributed by atoms with Gasteiger partial charge in [-0.15, -0.1) is 12.4 Å². The minimum absolute atomic E-state index is 0. The lowest BCUT2D eigenvalue weighted by Crippen LogP contribution is -2.12. The number of methoxy groups -OCH3 is 1. The molecule has 0 aliphatic rings. The average molecular weight is 367 g/mol. The van der Waals surface area contributed by atoms with Gasteiger partial charge in [-0.1, -0.05) is 30.3 Å². The zero-order valence-electron chi connectivity index (χ0n) is 14.3. The largest absolute Gasteiger partial charge is 0.496 e. The number of hydrogen-bond donors (Lipinski definition) is 1. The lowest BCUT2D eigenvalue weighted by Gasteiger charge is -2.15. The highest BCUT2D eigenvalue weighted by Crippen LogP contribution is 2.34. The Morgan fingerprint density at radius 1 is 1.00 bits per heavy atom. The van der Waals surface area contributed by atoms with Crippen molar-refractivity contribution in [2.24, 2.45) is 5.73 Å². The molecule has 0 radical (unpaired) electrons. The summed E-state index contributed by atoms with van der Waals surface area (Å²) in [5.74, 6) is 1.45. The third kappa shape index (κ3) is 3.29. The summed E-state index contributed by atoms with van der Waals surface area (Å²) < 4.78 is 11.5. The summed E-state index contributed by atoms with van der Waals surface area (Å²) in [6.45, 7) is 0. The minimum atomic E-state index is -0.418. The molecule has 0 amide bonds. The highest BCUT2D eigenvalue weighted by molar-refractivity contribution is 5.85. The molecular formula is C21H19ClN2O2. The molecule has 132 valence electrons. The Kier molecular flexibility index (Phi) is 5.26. The van der Waals surface area contributed by atoms with E-state index < -0.39 is 6.04 Å². The molecule has 2 N–H and O–H groups in total. The number of ether oxygens (including phenoxy) is 1. The maximum atomic E-state index is 6.51. The number of pyridine rings is 1. The number of benzene rings is 2. The number of halogens is 1. The Hall–Kier alpha value is -2.82. The van der Waals surface area contributed by atoms with Crippen LogP contribution in [0, 0.1) is 0 Å². The highest BCUT2D eigenvalue weighted by atomic mass is 35.5. The lowest BCUT2D eigenvalue weighted by atomic mass is 9.98. The monoisotopic (exact) mass is 366 g/mol. The Labute approximate surface area is 158 Å². The highest BCUT2D eigenvalue weighted by Gasteiger charge is 2.19.